The number of amides is 2. The SMILES string of the molecule is CCCC[n+]1cc(Cl)cc2c1N=C(/C=C/C(=C/C=C1/N(CCCS(=O)(=O)O)c3ccccc3C1(C)C)CCC(=O)ON1C(=O)CCC1=O)C2(C)C. The van der Waals surface area contributed by atoms with Crippen LogP contribution in [0.5, 0.6) is 0 Å². The number of pyridine rings is 1. The molecule has 0 bridgehead atoms. The first kappa shape index (κ1) is 38.1. The third kappa shape index (κ3) is 8.51. The molecule has 272 valence electrons. The molecule has 1 saturated heterocycles. The second-order valence-electron chi connectivity index (χ2n) is 14.2. The number of aromatic nitrogens is 1. The predicted octanol–water partition coefficient (Wildman–Crippen LogP) is 6.62. The van der Waals surface area contributed by atoms with E-state index in [0.29, 0.717) is 16.6 Å². The molecule has 3 aliphatic rings. The van der Waals surface area contributed by atoms with Crippen molar-refractivity contribution >= 4 is 56.7 Å². The van der Waals surface area contributed by atoms with Crippen LogP contribution in [0.2, 0.25) is 5.02 Å². The number of hydrogen-bond donors (Lipinski definition) is 1. The molecule has 0 spiro atoms. The highest BCUT2D eigenvalue weighted by Crippen LogP contribution is 2.47. The molecule has 1 N–H and O–H groups in total. The van der Waals surface area contributed by atoms with Crippen LogP contribution >= 0.6 is 11.6 Å². The molecule has 51 heavy (non-hydrogen) atoms. The van der Waals surface area contributed by atoms with Crippen molar-refractivity contribution in [2.24, 2.45) is 4.99 Å². The fraction of sp³-hybridized carbons (Fsp3) is 0.447. The van der Waals surface area contributed by atoms with Gasteiger partial charge in [0.1, 0.15) is 6.20 Å². The number of unbranched alkanes of at least 4 members (excludes halogenated alkanes) is 1. The number of carbonyl (C=O) groups excluding carboxylic acids is 3. The molecule has 1 aromatic carbocycles. The van der Waals surface area contributed by atoms with E-state index in [1.807, 2.05) is 60.8 Å². The van der Waals surface area contributed by atoms with Crippen LogP contribution in [0.25, 0.3) is 0 Å². The van der Waals surface area contributed by atoms with E-state index in [-0.39, 0.29) is 37.9 Å². The van der Waals surface area contributed by atoms with Crippen LogP contribution in [0.15, 0.2) is 77.1 Å². The summed E-state index contributed by atoms with van der Waals surface area (Å²) in [6.07, 6.45) is 12.0. The highest BCUT2D eigenvalue weighted by molar-refractivity contribution is 7.85. The Kier molecular flexibility index (Phi) is 11.4. The van der Waals surface area contributed by atoms with Crippen molar-refractivity contribution in [1.29, 1.82) is 0 Å². The Morgan fingerprint density at radius 2 is 1.76 bits per heavy atom. The lowest BCUT2D eigenvalue weighted by atomic mass is 9.82. The summed E-state index contributed by atoms with van der Waals surface area (Å²) in [4.78, 5) is 49.2. The van der Waals surface area contributed by atoms with Gasteiger partial charge in [-0.15, -0.1) is 5.06 Å². The minimum Gasteiger partial charge on any atom is -0.344 e. The number of benzene rings is 1. The third-order valence-corrected chi connectivity index (χ3v) is 10.7. The van der Waals surface area contributed by atoms with Gasteiger partial charge in [0.25, 0.3) is 21.9 Å². The number of hydrogen-bond acceptors (Lipinski definition) is 8. The smallest absolute Gasteiger partial charge is 0.333 e. The molecular weight excluding hydrogens is 692 g/mol. The Hall–Kier alpha value is -4.13. The van der Waals surface area contributed by atoms with E-state index in [4.69, 9.17) is 21.4 Å². The van der Waals surface area contributed by atoms with Crippen molar-refractivity contribution in [3.8, 4) is 0 Å². The van der Waals surface area contributed by atoms with E-state index >= 15 is 0 Å². The van der Waals surface area contributed by atoms with E-state index in [1.165, 1.54) is 0 Å². The van der Waals surface area contributed by atoms with Crippen LogP contribution in [0, 0.1) is 0 Å². The minimum atomic E-state index is -4.13. The molecule has 1 aromatic heterocycles. The van der Waals surface area contributed by atoms with E-state index in [9.17, 15) is 27.4 Å². The van der Waals surface area contributed by atoms with E-state index in [2.05, 4.69) is 44.1 Å². The maximum Gasteiger partial charge on any atom is 0.333 e. The number of carbonyl (C=O) groups is 3. The summed E-state index contributed by atoms with van der Waals surface area (Å²) in [5.74, 6) is -1.29. The molecule has 13 heteroatoms. The number of rotatable bonds is 14. The van der Waals surface area contributed by atoms with E-state index in [1.54, 1.807) is 0 Å². The normalized spacial score (nSPS) is 18.9. The number of anilines is 1. The Balaban J connectivity index is 1.49. The van der Waals surface area contributed by atoms with Crippen LogP contribution < -0.4 is 9.47 Å². The Morgan fingerprint density at radius 1 is 1.06 bits per heavy atom. The van der Waals surface area contributed by atoms with Gasteiger partial charge in [0.2, 0.25) is 0 Å². The van der Waals surface area contributed by atoms with Crippen molar-refractivity contribution < 1.29 is 36.8 Å². The quantitative estimate of drug-likeness (QED) is 0.0989. The number of aliphatic imine (C=N–C) groups is 1. The Labute approximate surface area is 305 Å². The standard InChI is InChI=1S/C38H45ClN4O7S/c1-6-7-21-41-25-27(39)24-29-36(41)40-31(37(29,2)3)16-13-26(15-20-35(46)50-43-33(44)18-19-34(43)45)14-17-32-38(4,5)28-11-8-9-12-30(28)42(32)22-10-23-51(47,48)49/h8-9,11-14,16-17,24-25H,6-7,10,15,18-23H2,1-5H3/p+1. The Morgan fingerprint density at radius 3 is 2.45 bits per heavy atom. The van der Waals surface area contributed by atoms with Crippen LogP contribution in [-0.2, 0) is 46.7 Å². The molecule has 0 unspecified atom stereocenters. The van der Waals surface area contributed by atoms with Gasteiger partial charge in [-0.3, -0.25) is 14.1 Å². The fourth-order valence-corrected chi connectivity index (χ4v) is 7.48. The number of halogens is 1. The maximum absolute atomic E-state index is 12.9. The summed E-state index contributed by atoms with van der Waals surface area (Å²) in [7, 11) is -4.13. The largest absolute Gasteiger partial charge is 0.344 e. The lowest BCUT2D eigenvalue weighted by molar-refractivity contribution is -0.684. The first-order valence-electron chi connectivity index (χ1n) is 17.3. The lowest BCUT2D eigenvalue weighted by Crippen LogP contribution is -2.35. The summed E-state index contributed by atoms with van der Waals surface area (Å²) >= 11 is 6.54. The van der Waals surface area contributed by atoms with Crippen molar-refractivity contribution in [2.45, 2.75) is 96.9 Å². The highest BCUT2D eigenvalue weighted by Gasteiger charge is 2.43. The fourth-order valence-electron chi connectivity index (χ4n) is 6.76. The number of nitrogens with zero attached hydrogens (tertiary/aromatic N) is 4. The van der Waals surface area contributed by atoms with Crippen molar-refractivity contribution in [3.05, 3.63) is 88.3 Å². The van der Waals surface area contributed by atoms with Crippen molar-refractivity contribution in [3.63, 3.8) is 0 Å². The number of hydroxylamine groups is 2. The minimum absolute atomic E-state index is 0.0103. The highest BCUT2D eigenvalue weighted by atomic mass is 35.5. The van der Waals surface area contributed by atoms with Crippen LogP contribution in [0.4, 0.5) is 11.5 Å². The van der Waals surface area contributed by atoms with Gasteiger partial charge in [-0.25, -0.2) is 9.36 Å². The number of fused-ring (bicyclic) bond motifs is 2. The number of imide groups is 1. The average Bonchev–Trinajstić information content (AvgIpc) is 3.59. The average molecular weight is 738 g/mol. The second-order valence-corrected chi connectivity index (χ2v) is 16.2. The summed E-state index contributed by atoms with van der Waals surface area (Å²) < 4.78 is 34.6. The van der Waals surface area contributed by atoms with E-state index in [0.717, 1.165) is 59.0 Å². The van der Waals surface area contributed by atoms with E-state index < -0.39 is 38.7 Å². The summed E-state index contributed by atoms with van der Waals surface area (Å²) in [5, 5.41) is 1.19. The molecule has 0 atom stereocenters. The number of allylic oxidation sites excluding steroid dienone is 6. The van der Waals surface area contributed by atoms with Gasteiger partial charge in [0, 0.05) is 36.2 Å². The van der Waals surface area contributed by atoms with Gasteiger partial charge < -0.3 is 9.74 Å². The molecule has 11 nitrogen and oxygen atoms in total. The molecule has 2 aromatic rings. The molecule has 0 radical (unpaired) electrons. The first-order valence-corrected chi connectivity index (χ1v) is 19.3. The topological polar surface area (TPSA) is 138 Å². The van der Waals surface area contributed by atoms with Gasteiger partial charge in [0.15, 0.2) is 5.71 Å². The second kappa shape index (κ2) is 15.2. The monoisotopic (exact) mass is 737 g/mol. The zero-order chi connectivity index (χ0) is 37.1. The van der Waals surface area contributed by atoms with Crippen LogP contribution in [0.3, 0.4) is 0 Å². The molecule has 2 amide bonds. The zero-order valence-corrected chi connectivity index (χ0v) is 31.4. The Bertz CT molecular complexity index is 1950. The zero-order valence-electron chi connectivity index (χ0n) is 29.8. The number of para-hydroxylation sites is 1. The predicted molar refractivity (Wildman–Crippen MR) is 196 cm³/mol. The first-order chi connectivity index (χ1) is 24.0. The lowest BCUT2D eigenvalue weighted by Gasteiger charge is -2.27. The third-order valence-electron chi connectivity index (χ3n) is 9.68. The van der Waals surface area contributed by atoms with Gasteiger partial charge in [-0.05, 0) is 73.5 Å². The molecule has 0 saturated carbocycles. The summed E-state index contributed by atoms with van der Waals surface area (Å²) in [6, 6.07) is 9.89. The van der Waals surface area contributed by atoms with Gasteiger partial charge in [0.05, 0.1) is 34.7 Å². The van der Waals surface area contributed by atoms with Gasteiger partial charge >= 0.3 is 11.8 Å². The molecule has 0 aliphatic carbocycles. The molecule has 3 aliphatic heterocycles. The van der Waals surface area contributed by atoms with Crippen molar-refractivity contribution in [1.82, 2.24) is 5.06 Å². The number of aryl methyl sites for hydroxylation is 1. The molecule has 1 fully saturated rings. The molecular formula is C38H46ClN4O7S+. The summed E-state index contributed by atoms with van der Waals surface area (Å²) in [5.41, 5.74) is 4.64. The van der Waals surface area contributed by atoms with Crippen LogP contribution in [-0.4, -0.2) is 53.8 Å². The van der Waals surface area contributed by atoms with Crippen LogP contribution in [0.1, 0.15) is 90.7 Å². The molecule has 4 heterocycles. The summed E-state index contributed by atoms with van der Waals surface area (Å²) in [6.45, 7) is 11.7. The molecule has 5 rings (SSSR count). The maximum atomic E-state index is 12.9. The van der Waals surface area contributed by atoms with Gasteiger partial charge in [-0.1, -0.05) is 69.1 Å². The van der Waals surface area contributed by atoms with Crippen molar-refractivity contribution in [2.75, 3.05) is 17.2 Å². The van der Waals surface area contributed by atoms with Gasteiger partial charge in [-0.2, -0.15) is 8.42 Å².